The molecule has 25 heavy (non-hydrogen) atoms. The van der Waals surface area contributed by atoms with E-state index >= 15 is 0 Å². The fourth-order valence-electron chi connectivity index (χ4n) is 2.10. The Morgan fingerprint density at radius 1 is 1.32 bits per heavy atom. The summed E-state index contributed by atoms with van der Waals surface area (Å²) in [5.41, 5.74) is -0.502. The SMILES string of the molecule is CN=C(NCCc1cccs1)NCC(NC(=O)OC(C)(C)C)C(C)C. The van der Waals surface area contributed by atoms with Gasteiger partial charge >= 0.3 is 6.09 Å². The number of amides is 1. The number of rotatable bonds is 7. The number of hydrogen-bond donors (Lipinski definition) is 3. The standard InChI is InChI=1S/C18H32N4O2S/c1-13(2)15(22-17(23)24-18(3,4)5)12-21-16(19-6)20-10-9-14-8-7-11-25-14/h7-8,11,13,15H,9-10,12H2,1-6H3,(H,22,23)(H2,19,20,21). The molecule has 7 heteroatoms. The summed E-state index contributed by atoms with van der Waals surface area (Å²) in [6.07, 6.45) is 0.566. The Morgan fingerprint density at radius 2 is 2.04 bits per heavy atom. The van der Waals surface area contributed by atoms with E-state index < -0.39 is 11.7 Å². The molecule has 1 aromatic rings. The van der Waals surface area contributed by atoms with Crippen molar-refractivity contribution in [3.05, 3.63) is 22.4 Å². The molecule has 1 rings (SSSR count). The van der Waals surface area contributed by atoms with E-state index in [-0.39, 0.29) is 12.0 Å². The highest BCUT2D eigenvalue weighted by molar-refractivity contribution is 7.09. The van der Waals surface area contributed by atoms with Crippen LogP contribution in [0.15, 0.2) is 22.5 Å². The molecule has 0 saturated carbocycles. The van der Waals surface area contributed by atoms with E-state index in [0.29, 0.717) is 6.54 Å². The molecule has 0 bridgehead atoms. The first kappa shape index (κ1) is 21.3. The van der Waals surface area contributed by atoms with E-state index in [1.54, 1.807) is 18.4 Å². The largest absolute Gasteiger partial charge is 0.444 e. The summed E-state index contributed by atoms with van der Waals surface area (Å²) in [5, 5.41) is 11.6. The summed E-state index contributed by atoms with van der Waals surface area (Å²) in [4.78, 5) is 17.6. The molecule has 1 atom stereocenters. The first-order valence-electron chi connectivity index (χ1n) is 8.67. The zero-order chi connectivity index (χ0) is 18.9. The van der Waals surface area contributed by atoms with Crippen LogP contribution >= 0.6 is 11.3 Å². The molecule has 1 aromatic heterocycles. The molecular formula is C18H32N4O2S. The van der Waals surface area contributed by atoms with Crippen LogP contribution < -0.4 is 16.0 Å². The molecule has 1 unspecified atom stereocenters. The number of guanidine groups is 1. The van der Waals surface area contributed by atoms with Gasteiger partial charge in [-0.2, -0.15) is 0 Å². The Balaban J connectivity index is 2.41. The summed E-state index contributed by atoms with van der Waals surface area (Å²) in [6.45, 7) is 11.1. The van der Waals surface area contributed by atoms with Crippen molar-refractivity contribution in [1.29, 1.82) is 0 Å². The lowest BCUT2D eigenvalue weighted by molar-refractivity contribution is 0.0491. The van der Waals surface area contributed by atoms with Crippen LogP contribution in [0.4, 0.5) is 4.79 Å². The first-order chi connectivity index (χ1) is 11.7. The molecule has 0 fully saturated rings. The number of hydrogen-bond acceptors (Lipinski definition) is 4. The van der Waals surface area contributed by atoms with Gasteiger partial charge in [0.15, 0.2) is 5.96 Å². The highest BCUT2D eigenvalue weighted by Gasteiger charge is 2.21. The van der Waals surface area contributed by atoms with Crippen molar-refractivity contribution in [3.63, 3.8) is 0 Å². The van der Waals surface area contributed by atoms with Gasteiger partial charge in [-0.1, -0.05) is 19.9 Å². The second-order valence-corrected chi connectivity index (χ2v) is 8.24. The van der Waals surface area contributed by atoms with Crippen LogP contribution in [0.3, 0.4) is 0 Å². The molecular weight excluding hydrogens is 336 g/mol. The number of carbonyl (C=O) groups excluding carboxylic acids is 1. The summed E-state index contributed by atoms with van der Waals surface area (Å²) in [5.74, 6) is 0.998. The smallest absolute Gasteiger partial charge is 0.407 e. The zero-order valence-corrected chi connectivity index (χ0v) is 17.0. The third kappa shape index (κ3) is 9.34. The zero-order valence-electron chi connectivity index (χ0n) is 16.2. The molecule has 1 amide bonds. The lowest BCUT2D eigenvalue weighted by Crippen LogP contribution is -2.50. The van der Waals surface area contributed by atoms with Crippen LogP contribution in [0.5, 0.6) is 0 Å². The molecule has 0 aliphatic heterocycles. The predicted molar refractivity (Wildman–Crippen MR) is 105 cm³/mol. The van der Waals surface area contributed by atoms with Gasteiger partial charge in [-0.3, -0.25) is 4.99 Å². The van der Waals surface area contributed by atoms with Crippen LogP contribution in [0.1, 0.15) is 39.5 Å². The van der Waals surface area contributed by atoms with E-state index in [1.165, 1.54) is 4.88 Å². The van der Waals surface area contributed by atoms with Crippen molar-refractivity contribution in [3.8, 4) is 0 Å². The Labute approximate surface area is 155 Å². The van der Waals surface area contributed by atoms with E-state index in [2.05, 4.69) is 52.3 Å². The minimum atomic E-state index is -0.502. The van der Waals surface area contributed by atoms with Gasteiger partial charge in [0.1, 0.15) is 5.60 Å². The summed E-state index contributed by atoms with van der Waals surface area (Å²) < 4.78 is 5.34. The number of ether oxygens (including phenoxy) is 1. The summed E-state index contributed by atoms with van der Waals surface area (Å²) in [6, 6.07) is 4.13. The Morgan fingerprint density at radius 3 is 2.56 bits per heavy atom. The average molecular weight is 369 g/mol. The molecule has 0 aliphatic carbocycles. The fourth-order valence-corrected chi connectivity index (χ4v) is 2.81. The van der Waals surface area contributed by atoms with Crippen LogP contribution in [0.2, 0.25) is 0 Å². The number of aliphatic imine (C=N–C) groups is 1. The Hall–Kier alpha value is -1.76. The molecule has 0 spiro atoms. The lowest BCUT2D eigenvalue weighted by Gasteiger charge is -2.26. The second-order valence-electron chi connectivity index (χ2n) is 7.21. The maximum absolute atomic E-state index is 12.0. The molecule has 1 heterocycles. The monoisotopic (exact) mass is 368 g/mol. The van der Waals surface area contributed by atoms with Gasteiger partial charge in [0.2, 0.25) is 0 Å². The van der Waals surface area contributed by atoms with Gasteiger partial charge < -0.3 is 20.7 Å². The lowest BCUT2D eigenvalue weighted by atomic mass is 10.0. The third-order valence-electron chi connectivity index (χ3n) is 3.46. The molecule has 0 aliphatic rings. The van der Waals surface area contributed by atoms with E-state index in [9.17, 15) is 4.79 Å². The highest BCUT2D eigenvalue weighted by Crippen LogP contribution is 2.09. The molecule has 6 nitrogen and oxygen atoms in total. The van der Waals surface area contributed by atoms with Crippen LogP contribution in [0, 0.1) is 5.92 Å². The van der Waals surface area contributed by atoms with Gasteiger partial charge in [0.25, 0.3) is 0 Å². The molecule has 142 valence electrons. The fraction of sp³-hybridized carbons (Fsp3) is 0.667. The van der Waals surface area contributed by atoms with Crippen molar-refractivity contribution in [1.82, 2.24) is 16.0 Å². The van der Waals surface area contributed by atoms with Crippen LogP contribution in [-0.4, -0.2) is 43.8 Å². The Bertz CT molecular complexity index is 536. The highest BCUT2D eigenvalue weighted by atomic mass is 32.1. The minimum Gasteiger partial charge on any atom is -0.444 e. The van der Waals surface area contributed by atoms with Gasteiger partial charge in [-0.15, -0.1) is 11.3 Å². The average Bonchev–Trinajstić information content (AvgIpc) is 3.00. The van der Waals surface area contributed by atoms with Crippen molar-refractivity contribution in [2.75, 3.05) is 20.1 Å². The summed E-state index contributed by atoms with van der Waals surface area (Å²) in [7, 11) is 1.74. The van der Waals surface area contributed by atoms with Gasteiger partial charge in [0, 0.05) is 25.0 Å². The van der Waals surface area contributed by atoms with Crippen molar-refractivity contribution >= 4 is 23.4 Å². The second kappa shape index (κ2) is 10.3. The quantitative estimate of drug-likeness (QED) is 0.511. The van der Waals surface area contributed by atoms with E-state index in [0.717, 1.165) is 18.9 Å². The van der Waals surface area contributed by atoms with Crippen molar-refractivity contribution in [2.24, 2.45) is 10.9 Å². The minimum absolute atomic E-state index is 0.0503. The number of alkyl carbamates (subject to hydrolysis) is 1. The van der Waals surface area contributed by atoms with E-state index in [1.807, 2.05) is 20.8 Å². The topological polar surface area (TPSA) is 74.8 Å². The normalized spacial score (nSPS) is 13.5. The van der Waals surface area contributed by atoms with E-state index in [4.69, 9.17) is 4.74 Å². The summed E-state index contributed by atoms with van der Waals surface area (Å²) >= 11 is 1.75. The maximum atomic E-state index is 12.0. The van der Waals surface area contributed by atoms with Crippen molar-refractivity contribution in [2.45, 2.75) is 52.7 Å². The van der Waals surface area contributed by atoms with Gasteiger partial charge in [0.05, 0.1) is 6.04 Å². The van der Waals surface area contributed by atoms with Crippen LogP contribution in [0.25, 0.3) is 0 Å². The molecule has 0 radical (unpaired) electrons. The molecule has 0 saturated heterocycles. The predicted octanol–water partition coefficient (Wildman–Crippen LogP) is 3.00. The molecule has 0 aromatic carbocycles. The van der Waals surface area contributed by atoms with Gasteiger partial charge in [-0.25, -0.2) is 4.79 Å². The maximum Gasteiger partial charge on any atom is 0.407 e. The van der Waals surface area contributed by atoms with Crippen molar-refractivity contribution < 1.29 is 9.53 Å². The Kier molecular flexibility index (Phi) is 8.75. The number of carbonyl (C=O) groups is 1. The number of thiophene rings is 1. The number of nitrogens with one attached hydrogen (secondary N) is 3. The first-order valence-corrected chi connectivity index (χ1v) is 9.55. The van der Waals surface area contributed by atoms with Gasteiger partial charge in [-0.05, 0) is 44.6 Å². The molecule has 3 N–H and O–H groups in total. The third-order valence-corrected chi connectivity index (χ3v) is 4.40. The van der Waals surface area contributed by atoms with Crippen LogP contribution in [-0.2, 0) is 11.2 Å². The number of nitrogens with zero attached hydrogens (tertiary/aromatic N) is 1.